The van der Waals surface area contributed by atoms with Gasteiger partial charge in [-0.05, 0) is 48.0 Å². The predicted octanol–water partition coefficient (Wildman–Crippen LogP) is 3.01. The first-order valence-electron chi connectivity index (χ1n) is 5.56. The minimum atomic E-state index is -3.65. The number of nitrogens with two attached hydrogens (primary N) is 1. The summed E-state index contributed by atoms with van der Waals surface area (Å²) in [5.41, 5.74) is 5.48. The SMILES string of the molecule is CC=C(N)NS(=O)(=O)c1ccc2cc(Cl)ccc2c1.Cl. The minimum Gasteiger partial charge on any atom is -0.385 e. The maximum absolute atomic E-state index is 12.1. The normalized spacial score (nSPS) is 12.0. The third-order valence-electron chi connectivity index (χ3n) is 2.65. The summed E-state index contributed by atoms with van der Waals surface area (Å²) >= 11 is 5.88. The lowest BCUT2D eigenvalue weighted by molar-refractivity contribution is 0.588. The molecule has 108 valence electrons. The molecule has 7 heteroatoms. The predicted molar refractivity (Wildman–Crippen MR) is 84.5 cm³/mol. The summed E-state index contributed by atoms with van der Waals surface area (Å²) < 4.78 is 26.4. The van der Waals surface area contributed by atoms with E-state index >= 15 is 0 Å². The van der Waals surface area contributed by atoms with Crippen molar-refractivity contribution in [2.45, 2.75) is 11.8 Å². The van der Waals surface area contributed by atoms with E-state index in [2.05, 4.69) is 4.72 Å². The Morgan fingerprint density at radius 3 is 2.45 bits per heavy atom. The van der Waals surface area contributed by atoms with Crippen molar-refractivity contribution in [3.05, 3.63) is 53.3 Å². The summed E-state index contributed by atoms with van der Waals surface area (Å²) in [5.74, 6) is 0.0937. The van der Waals surface area contributed by atoms with E-state index in [1.54, 1.807) is 37.3 Å². The lowest BCUT2D eigenvalue weighted by Gasteiger charge is -2.08. The molecule has 0 bridgehead atoms. The Morgan fingerprint density at radius 2 is 1.80 bits per heavy atom. The van der Waals surface area contributed by atoms with Gasteiger partial charge in [-0.25, -0.2) is 8.42 Å². The van der Waals surface area contributed by atoms with Crippen LogP contribution in [0.1, 0.15) is 6.92 Å². The van der Waals surface area contributed by atoms with Crippen LogP contribution in [0.2, 0.25) is 5.02 Å². The number of hydrogen-bond acceptors (Lipinski definition) is 3. The van der Waals surface area contributed by atoms with Crippen LogP contribution in [0.3, 0.4) is 0 Å². The number of hydrogen-bond donors (Lipinski definition) is 2. The monoisotopic (exact) mass is 332 g/mol. The molecule has 20 heavy (non-hydrogen) atoms. The second-order valence-electron chi connectivity index (χ2n) is 4.00. The highest BCUT2D eigenvalue weighted by atomic mass is 35.5. The third-order valence-corrected chi connectivity index (χ3v) is 4.26. The topological polar surface area (TPSA) is 72.2 Å². The van der Waals surface area contributed by atoms with Gasteiger partial charge in [-0.2, -0.15) is 0 Å². The van der Waals surface area contributed by atoms with Gasteiger partial charge in [0.2, 0.25) is 0 Å². The van der Waals surface area contributed by atoms with Gasteiger partial charge in [0.15, 0.2) is 0 Å². The Balaban J connectivity index is 0.00000200. The molecule has 2 aromatic carbocycles. The minimum absolute atomic E-state index is 0. The second kappa shape index (κ2) is 6.35. The zero-order valence-electron chi connectivity index (χ0n) is 10.6. The number of benzene rings is 2. The third kappa shape index (κ3) is 3.56. The second-order valence-corrected chi connectivity index (χ2v) is 6.12. The molecular weight excluding hydrogens is 319 g/mol. The Morgan fingerprint density at radius 1 is 1.20 bits per heavy atom. The quantitative estimate of drug-likeness (QED) is 0.907. The Hall–Kier alpha value is -1.43. The molecule has 0 amide bonds. The lowest BCUT2D eigenvalue weighted by atomic mass is 10.1. The van der Waals surface area contributed by atoms with Crippen LogP contribution in [0, 0.1) is 0 Å². The van der Waals surface area contributed by atoms with E-state index in [0.717, 1.165) is 10.8 Å². The van der Waals surface area contributed by atoms with Gasteiger partial charge < -0.3 is 5.73 Å². The first-order valence-corrected chi connectivity index (χ1v) is 7.42. The van der Waals surface area contributed by atoms with Gasteiger partial charge in [-0.3, -0.25) is 4.72 Å². The molecule has 0 aliphatic heterocycles. The lowest BCUT2D eigenvalue weighted by Crippen LogP contribution is -2.27. The highest BCUT2D eigenvalue weighted by Crippen LogP contribution is 2.22. The molecule has 0 atom stereocenters. The van der Waals surface area contributed by atoms with E-state index in [4.69, 9.17) is 17.3 Å². The van der Waals surface area contributed by atoms with Crippen molar-refractivity contribution in [3.8, 4) is 0 Å². The van der Waals surface area contributed by atoms with Gasteiger partial charge >= 0.3 is 0 Å². The zero-order valence-corrected chi connectivity index (χ0v) is 13.0. The number of fused-ring (bicyclic) bond motifs is 1. The molecule has 0 unspecified atom stereocenters. The number of nitrogens with one attached hydrogen (secondary N) is 1. The maximum Gasteiger partial charge on any atom is 0.262 e. The summed E-state index contributed by atoms with van der Waals surface area (Å²) in [5, 5.41) is 2.29. The van der Waals surface area contributed by atoms with E-state index in [-0.39, 0.29) is 23.1 Å². The van der Waals surface area contributed by atoms with Crippen LogP contribution in [0.4, 0.5) is 0 Å². The molecule has 0 saturated heterocycles. The van der Waals surface area contributed by atoms with E-state index in [9.17, 15) is 8.42 Å². The van der Waals surface area contributed by atoms with Gasteiger partial charge in [0, 0.05) is 5.02 Å². The van der Waals surface area contributed by atoms with Crippen LogP contribution in [0.15, 0.2) is 53.2 Å². The summed E-state index contributed by atoms with van der Waals surface area (Å²) in [6, 6.07) is 10.1. The molecule has 0 aromatic heterocycles. The number of sulfonamides is 1. The molecular formula is C13H14Cl2N2O2S. The van der Waals surface area contributed by atoms with Crippen molar-refractivity contribution in [1.82, 2.24) is 4.72 Å². The maximum atomic E-state index is 12.1. The van der Waals surface area contributed by atoms with Crippen molar-refractivity contribution in [2.75, 3.05) is 0 Å². The van der Waals surface area contributed by atoms with Crippen LogP contribution in [0.5, 0.6) is 0 Å². The molecule has 0 saturated carbocycles. The van der Waals surface area contributed by atoms with Crippen molar-refractivity contribution in [2.24, 2.45) is 5.73 Å². The average Bonchev–Trinajstić information content (AvgIpc) is 2.37. The average molecular weight is 333 g/mol. The van der Waals surface area contributed by atoms with Crippen molar-refractivity contribution in [1.29, 1.82) is 0 Å². The smallest absolute Gasteiger partial charge is 0.262 e. The van der Waals surface area contributed by atoms with E-state index in [1.807, 2.05) is 0 Å². The number of halogens is 2. The first kappa shape index (κ1) is 16.6. The Bertz CT molecular complexity index is 758. The number of allylic oxidation sites excluding steroid dienone is 1. The molecule has 2 aromatic rings. The molecule has 4 nitrogen and oxygen atoms in total. The van der Waals surface area contributed by atoms with Crippen LogP contribution in [0.25, 0.3) is 10.8 Å². The standard InChI is InChI=1S/C13H13ClN2O2S.ClH/c1-2-13(15)16-19(17,18)12-6-4-9-7-11(14)5-3-10(9)8-12;/h2-8,16H,15H2,1H3;1H. The van der Waals surface area contributed by atoms with E-state index < -0.39 is 10.0 Å². The fourth-order valence-electron chi connectivity index (χ4n) is 1.63. The molecule has 2 rings (SSSR count). The molecule has 0 heterocycles. The van der Waals surface area contributed by atoms with Gasteiger partial charge in [-0.15, -0.1) is 12.4 Å². The van der Waals surface area contributed by atoms with Crippen molar-refractivity contribution >= 4 is 44.8 Å². The van der Waals surface area contributed by atoms with Crippen molar-refractivity contribution < 1.29 is 8.42 Å². The first-order chi connectivity index (χ1) is 8.92. The van der Waals surface area contributed by atoms with Crippen molar-refractivity contribution in [3.63, 3.8) is 0 Å². The fourth-order valence-corrected chi connectivity index (χ4v) is 2.89. The van der Waals surface area contributed by atoms with E-state index in [0.29, 0.717) is 5.02 Å². The summed E-state index contributed by atoms with van der Waals surface area (Å²) in [4.78, 5) is 0.159. The Kier molecular flexibility index (Phi) is 5.28. The largest absolute Gasteiger partial charge is 0.385 e. The van der Waals surface area contributed by atoms with Crippen LogP contribution >= 0.6 is 24.0 Å². The zero-order chi connectivity index (χ0) is 14.0. The van der Waals surface area contributed by atoms with Crippen LogP contribution < -0.4 is 10.5 Å². The molecule has 0 spiro atoms. The highest BCUT2D eigenvalue weighted by molar-refractivity contribution is 7.89. The molecule has 3 N–H and O–H groups in total. The fraction of sp³-hybridized carbons (Fsp3) is 0.0769. The highest BCUT2D eigenvalue weighted by Gasteiger charge is 2.14. The van der Waals surface area contributed by atoms with E-state index in [1.165, 1.54) is 12.1 Å². The Labute approximate surface area is 129 Å². The van der Waals surface area contributed by atoms with Gasteiger partial charge in [0.25, 0.3) is 10.0 Å². The summed E-state index contributed by atoms with van der Waals surface area (Å²) in [6.45, 7) is 1.65. The van der Waals surface area contributed by atoms with Gasteiger partial charge in [0.1, 0.15) is 5.82 Å². The van der Waals surface area contributed by atoms with Crippen LogP contribution in [-0.4, -0.2) is 8.42 Å². The molecule has 0 radical (unpaired) electrons. The number of rotatable bonds is 3. The molecule has 0 fully saturated rings. The van der Waals surface area contributed by atoms with Crippen LogP contribution in [-0.2, 0) is 10.0 Å². The molecule has 0 aliphatic rings. The summed E-state index contributed by atoms with van der Waals surface area (Å²) in [7, 11) is -3.65. The summed E-state index contributed by atoms with van der Waals surface area (Å²) in [6.07, 6.45) is 1.48. The van der Waals surface area contributed by atoms with Gasteiger partial charge in [-0.1, -0.05) is 23.7 Å². The molecule has 0 aliphatic carbocycles. The van der Waals surface area contributed by atoms with Gasteiger partial charge in [0.05, 0.1) is 4.90 Å².